The van der Waals surface area contributed by atoms with Crippen LogP contribution in [-0.2, 0) is 21.4 Å². The summed E-state index contributed by atoms with van der Waals surface area (Å²) in [6.45, 7) is 1.77. The standard InChI is InChI=1S/C21H23FN2O4S/c1-28-18-6-2-16(3-7-18)14-23-15-21(20(23)25)10-12-24(13-11-21)29(26,27)19-8-4-17(22)5-9-19/h2-9H,10-15H2,1H3. The number of piperidine rings is 1. The van der Waals surface area contributed by atoms with Gasteiger partial charge < -0.3 is 9.64 Å². The van der Waals surface area contributed by atoms with Crippen LogP contribution in [-0.4, -0.2) is 50.3 Å². The molecule has 0 aliphatic carbocycles. The van der Waals surface area contributed by atoms with Gasteiger partial charge in [-0.05, 0) is 54.8 Å². The summed E-state index contributed by atoms with van der Waals surface area (Å²) in [4.78, 5) is 14.7. The fourth-order valence-corrected chi connectivity index (χ4v) is 5.55. The van der Waals surface area contributed by atoms with Crippen molar-refractivity contribution in [2.24, 2.45) is 5.41 Å². The highest BCUT2D eigenvalue weighted by molar-refractivity contribution is 7.89. The van der Waals surface area contributed by atoms with E-state index in [9.17, 15) is 17.6 Å². The Morgan fingerprint density at radius 2 is 1.66 bits per heavy atom. The van der Waals surface area contributed by atoms with E-state index in [1.54, 1.807) is 7.11 Å². The number of nitrogens with zero attached hydrogens (tertiary/aromatic N) is 2. The van der Waals surface area contributed by atoms with E-state index < -0.39 is 21.3 Å². The van der Waals surface area contributed by atoms with Crippen molar-refractivity contribution < 1.29 is 22.3 Å². The quantitative estimate of drug-likeness (QED) is 0.701. The molecular weight excluding hydrogens is 395 g/mol. The lowest BCUT2D eigenvalue weighted by molar-refractivity contribution is -0.165. The van der Waals surface area contributed by atoms with Crippen LogP contribution < -0.4 is 4.74 Å². The smallest absolute Gasteiger partial charge is 0.243 e. The van der Waals surface area contributed by atoms with E-state index in [1.165, 1.54) is 16.4 Å². The van der Waals surface area contributed by atoms with Crippen LogP contribution in [0.25, 0.3) is 0 Å². The van der Waals surface area contributed by atoms with Crippen molar-refractivity contribution >= 4 is 15.9 Å². The van der Waals surface area contributed by atoms with Gasteiger partial charge in [-0.1, -0.05) is 12.1 Å². The minimum Gasteiger partial charge on any atom is -0.497 e. The Bertz CT molecular complexity index is 998. The zero-order chi connectivity index (χ0) is 20.6. The number of methoxy groups -OCH3 is 1. The number of sulfonamides is 1. The summed E-state index contributed by atoms with van der Waals surface area (Å²) in [5.41, 5.74) is 0.576. The summed E-state index contributed by atoms with van der Waals surface area (Å²) in [7, 11) is -2.06. The first-order valence-electron chi connectivity index (χ1n) is 9.52. The molecule has 154 valence electrons. The monoisotopic (exact) mass is 418 g/mol. The lowest BCUT2D eigenvalue weighted by Gasteiger charge is -2.52. The van der Waals surface area contributed by atoms with E-state index in [1.807, 2.05) is 29.2 Å². The van der Waals surface area contributed by atoms with Gasteiger partial charge in [0.15, 0.2) is 0 Å². The summed E-state index contributed by atoms with van der Waals surface area (Å²) in [6.07, 6.45) is 1.01. The number of amides is 1. The average Bonchev–Trinajstić information content (AvgIpc) is 2.74. The molecule has 1 spiro atoms. The van der Waals surface area contributed by atoms with Crippen LogP contribution in [0.2, 0.25) is 0 Å². The molecule has 2 aromatic carbocycles. The molecule has 29 heavy (non-hydrogen) atoms. The van der Waals surface area contributed by atoms with Crippen LogP contribution in [0.4, 0.5) is 4.39 Å². The fourth-order valence-electron chi connectivity index (χ4n) is 4.11. The number of hydrogen-bond donors (Lipinski definition) is 0. The number of ether oxygens (including phenoxy) is 1. The van der Waals surface area contributed by atoms with Crippen molar-refractivity contribution in [3.63, 3.8) is 0 Å². The van der Waals surface area contributed by atoms with Crippen LogP contribution in [0.5, 0.6) is 5.75 Å². The second kappa shape index (κ2) is 7.42. The van der Waals surface area contributed by atoms with Crippen molar-refractivity contribution in [1.29, 1.82) is 0 Å². The molecular formula is C21H23FN2O4S. The summed E-state index contributed by atoms with van der Waals surface area (Å²) >= 11 is 0. The molecule has 0 N–H and O–H groups in total. The number of likely N-dealkylation sites (tertiary alicyclic amines) is 1. The van der Waals surface area contributed by atoms with Gasteiger partial charge in [0.05, 0.1) is 17.4 Å². The van der Waals surface area contributed by atoms with Gasteiger partial charge in [-0.3, -0.25) is 4.79 Å². The minimum absolute atomic E-state index is 0.0796. The molecule has 2 saturated heterocycles. The molecule has 0 saturated carbocycles. The van der Waals surface area contributed by atoms with Gasteiger partial charge in [-0.15, -0.1) is 0 Å². The Hall–Kier alpha value is -2.45. The van der Waals surface area contributed by atoms with Crippen LogP contribution in [0.15, 0.2) is 53.4 Å². The second-order valence-electron chi connectivity index (χ2n) is 7.65. The first kappa shape index (κ1) is 19.8. The molecule has 0 unspecified atom stereocenters. The molecule has 0 bridgehead atoms. The highest BCUT2D eigenvalue weighted by atomic mass is 32.2. The van der Waals surface area contributed by atoms with Gasteiger partial charge >= 0.3 is 0 Å². The first-order valence-corrected chi connectivity index (χ1v) is 11.0. The summed E-state index contributed by atoms with van der Waals surface area (Å²) in [6, 6.07) is 12.5. The van der Waals surface area contributed by atoms with E-state index in [-0.39, 0.29) is 10.8 Å². The summed E-state index contributed by atoms with van der Waals surface area (Å²) < 4.78 is 45.1. The number of halogens is 1. The molecule has 2 aromatic rings. The number of rotatable bonds is 5. The van der Waals surface area contributed by atoms with Gasteiger partial charge in [0.2, 0.25) is 15.9 Å². The fraction of sp³-hybridized carbons (Fsp3) is 0.381. The lowest BCUT2D eigenvalue weighted by Crippen LogP contribution is -2.64. The second-order valence-corrected chi connectivity index (χ2v) is 9.59. The molecule has 1 amide bonds. The Balaban J connectivity index is 1.37. The average molecular weight is 418 g/mol. The summed E-state index contributed by atoms with van der Waals surface area (Å²) in [5.74, 6) is 0.389. The molecule has 2 fully saturated rings. The molecule has 0 radical (unpaired) electrons. The van der Waals surface area contributed by atoms with E-state index in [4.69, 9.17) is 4.74 Å². The predicted molar refractivity (Wildman–Crippen MR) is 105 cm³/mol. The van der Waals surface area contributed by atoms with Crippen molar-refractivity contribution in [3.8, 4) is 5.75 Å². The van der Waals surface area contributed by atoms with Crippen molar-refractivity contribution in [3.05, 3.63) is 59.9 Å². The number of carbonyl (C=O) groups is 1. The number of benzene rings is 2. The predicted octanol–water partition coefficient (Wildman–Crippen LogP) is 2.65. The highest BCUT2D eigenvalue weighted by Crippen LogP contribution is 2.43. The minimum atomic E-state index is -3.67. The number of β-lactam (4-membered cyclic amide) rings is 1. The Morgan fingerprint density at radius 1 is 1.03 bits per heavy atom. The zero-order valence-electron chi connectivity index (χ0n) is 16.2. The normalized spacial score (nSPS) is 19.2. The molecule has 0 aromatic heterocycles. The Morgan fingerprint density at radius 3 is 2.21 bits per heavy atom. The molecule has 6 nitrogen and oxygen atoms in total. The lowest BCUT2D eigenvalue weighted by atomic mass is 9.71. The van der Waals surface area contributed by atoms with Crippen LogP contribution in [0, 0.1) is 11.2 Å². The van der Waals surface area contributed by atoms with Crippen molar-refractivity contribution in [2.45, 2.75) is 24.3 Å². The van der Waals surface area contributed by atoms with Gasteiger partial charge in [-0.2, -0.15) is 4.31 Å². The molecule has 2 heterocycles. The van der Waals surface area contributed by atoms with Gasteiger partial charge in [0.25, 0.3) is 0 Å². The molecule has 4 rings (SSSR count). The van der Waals surface area contributed by atoms with Gasteiger partial charge in [0, 0.05) is 26.2 Å². The first-order chi connectivity index (χ1) is 13.8. The van der Waals surface area contributed by atoms with Crippen LogP contribution >= 0.6 is 0 Å². The van der Waals surface area contributed by atoms with Gasteiger partial charge in [0.1, 0.15) is 11.6 Å². The summed E-state index contributed by atoms with van der Waals surface area (Å²) in [5, 5.41) is 0. The van der Waals surface area contributed by atoms with E-state index >= 15 is 0 Å². The molecule has 8 heteroatoms. The zero-order valence-corrected chi connectivity index (χ0v) is 17.0. The highest BCUT2D eigenvalue weighted by Gasteiger charge is 2.53. The number of hydrogen-bond acceptors (Lipinski definition) is 4. The van der Waals surface area contributed by atoms with Crippen molar-refractivity contribution in [1.82, 2.24) is 9.21 Å². The third-order valence-corrected chi connectivity index (χ3v) is 7.81. The Kier molecular flexibility index (Phi) is 5.08. The maximum atomic E-state index is 13.1. The molecule has 0 atom stereocenters. The van der Waals surface area contributed by atoms with E-state index in [2.05, 4.69) is 0 Å². The SMILES string of the molecule is COc1ccc(CN2CC3(CCN(S(=O)(=O)c4ccc(F)cc4)CC3)C2=O)cc1. The molecule has 2 aliphatic heterocycles. The largest absolute Gasteiger partial charge is 0.497 e. The third-order valence-electron chi connectivity index (χ3n) is 5.90. The van der Waals surface area contributed by atoms with Crippen LogP contribution in [0.3, 0.4) is 0 Å². The van der Waals surface area contributed by atoms with E-state index in [0.717, 1.165) is 23.4 Å². The number of carbonyl (C=O) groups excluding carboxylic acids is 1. The third kappa shape index (κ3) is 3.62. The van der Waals surface area contributed by atoms with Gasteiger partial charge in [-0.25, -0.2) is 12.8 Å². The maximum Gasteiger partial charge on any atom is 0.243 e. The van der Waals surface area contributed by atoms with Crippen molar-refractivity contribution in [2.75, 3.05) is 26.7 Å². The van der Waals surface area contributed by atoms with E-state index in [0.29, 0.717) is 39.0 Å². The maximum absolute atomic E-state index is 13.1. The Labute approximate surface area is 169 Å². The topological polar surface area (TPSA) is 66.9 Å². The van der Waals surface area contributed by atoms with Crippen LogP contribution in [0.1, 0.15) is 18.4 Å². The molecule has 2 aliphatic rings.